The molecule has 2 amide bonds. The Morgan fingerprint density at radius 3 is 2.20 bits per heavy atom. The first kappa shape index (κ1) is 30.3. The molecule has 212 valence electrons. The standard InChI is InChI=1S/C31H34F2N2O5/c1-17(2)13-25(35-30(38)21-11-6-7-12-26(21)40-5)31(39)34-24(16-27(36)37)22-14-20(15-23(32)29(22)33)28-18(3)9-8-10-19(28)4/h6-12,14-15,17,24-25H,13,16H2,1-5H3,(H,34,39)(H,35,38)(H,36,37)/t24-,25-/m0/s1. The number of para-hydroxylation sites is 1. The highest BCUT2D eigenvalue weighted by molar-refractivity contribution is 5.99. The van der Waals surface area contributed by atoms with Crippen LogP contribution in [0.4, 0.5) is 8.78 Å². The number of carbonyl (C=O) groups excluding carboxylic acids is 2. The maximum atomic E-state index is 15.2. The molecule has 3 aromatic rings. The number of halogens is 2. The third-order valence-electron chi connectivity index (χ3n) is 6.58. The van der Waals surface area contributed by atoms with E-state index in [0.717, 1.165) is 17.2 Å². The van der Waals surface area contributed by atoms with Crippen LogP contribution in [-0.2, 0) is 9.59 Å². The van der Waals surface area contributed by atoms with Crippen LogP contribution in [0.3, 0.4) is 0 Å². The molecule has 0 heterocycles. The van der Waals surface area contributed by atoms with Crippen LogP contribution in [0.1, 0.15) is 59.8 Å². The van der Waals surface area contributed by atoms with Crippen molar-refractivity contribution in [3.63, 3.8) is 0 Å². The lowest BCUT2D eigenvalue weighted by Crippen LogP contribution is -2.48. The highest BCUT2D eigenvalue weighted by Crippen LogP contribution is 2.33. The second-order valence-corrected chi connectivity index (χ2v) is 10.1. The molecule has 7 nitrogen and oxygen atoms in total. The van der Waals surface area contributed by atoms with E-state index in [1.54, 1.807) is 24.3 Å². The molecule has 3 rings (SSSR count). The molecule has 0 aliphatic heterocycles. The van der Waals surface area contributed by atoms with Gasteiger partial charge in [-0.25, -0.2) is 8.78 Å². The normalized spacial score (nSPS) is 12.5. The molecule has 0 radical (unpaired) electrons. The number of methoxy groups -OCH3 is 1. The van der Waals surface area contributed by atoms with Crippen molar-refractivity contribution in [2.45, 2.75) is 52.6 Å². The van der Waals surface area contributed by atoms with E-state index in [0.29, 0.717) is 16.9 Å². The van der Waals surface area contributed by atoms with Crippen LogP contribution in [-0.4, -0.2) is 36.0 Å². The topological polar surface area (TPSA) is 105 Å². The average Bonchev–Trinajstić information content (AvgIpc) is 2.89. The van der Waals surface area contributed by atoms with Crippen LogP contribution < -0.4 is 15.4 Å². The van der Waals surface area contributed by atoms with Gasteiger partial charge in [0.25, 0.3) is 5.91 Å². The Labute approximate surface area is 232 Å². The molecule has 0 bridgehead atoms. The minimum Gasteiger partial charge on any atom is -0.496 e. The van der Waals surface area contributed by atoms with E-state index in [4.69, 9.17) is 4.74 Å². The Kier molecular flexibility index (Phi) is 9.98. The lowest BCUT2D eigenvalue weighted by molar-refractivity contribution is -0.137. The van der Waals surface area contributed by atoms with Crippen molar-refractivity contribution in [1.29, 1.82) is 0 Å². The zero-order valence-corrected chi connectivity index (χ0v) is 23.2. The lowest BCUT2D eigenvalue weighted by atomic mass is 9.92. The summed E-state index contributed by atoms with van der Waals surface area (Å²) in [6.45, 7) is 7.38. The molecule has 9 heteroatoms. The summed E-state index contributed by atoms with van der Waals surface area (Å²) in [6, 6.07) is 12.0. The molecule has 3 aromatic carbocycles. The van der Waals surface area contributed by atoms with Gasteiger partial charge in [0.05, 0.1) is 25.1 Å². The summed E-state index contributed by atoms with van der Waals surface area (Å²) in [5, 5.41) is 14.8. The first-order chi connectivity index (χ1) is 18.9. The number of carboxylic acids is 1. The van der Waals surface area contributed by atoms with E-state index in [2.05, 4.69) is 10.6 Å². The van der Waals surface area contributed by atoms with E-state index in [-0.39, 0.29) is 23.5 Å². The predicted molar refractivity (Wildman–Crippen MR) is 148 cm³/mol. The lowest BCUT2D eigenvalue weighted by Gasteiger charge is -2.25. The number of aryl methyl sites for hydroxylation is 2. The number of ether oxygens (including phenoxy) is 1. The van der Waals surface area contributed by atoms with Crippen molar-refractivity contribution in [2.24, 2.45) is 5.92 Å². The quantitative estimate of drug-likeness (QED) is 0.282. The molecule has 0 spiro atoms. The molecule has 0 saturated heterocycles. The number of aliphatic carboxylic acids is 1. The van der Waals surface area contributed by atoms with Crippen LogP contribution in [0.25, 0.3) is 11.1 Å². The van der Waals surface area contributed by atoms with Crippen LogP contribution in [0, 0.1) is 31.4 Å². The number of benzene rings is 3. The van der Waals surface area contributed by atoms with Crippen molar-refractivity contribution in [3.8, 4) is 16.9 Å². The molecule has 0 fully saturated rings. The van der Waals surface area contributed by atoms with Gasteiger partial charge in [-0.15, -0.1) is 0 Å². The highest BCUT2D eigenvalue weighted by atomic mass is 19.2. The van der Waals surface area contributed by atoms with Crippen LogP contribution >= 0.6 is 0 Å². The van der Waals surface area contributed by atoms with Crippen molar-refractivity contribution in [3.05, 3.63) is 88.5 Å². The molecular weight excluding hydrogens is 518 g/mol. The molecular formula is C31H34F2N2O5. The predicted octanol–water partition coefficient (Wildman–Crippen LogP) is 5.73. The third-order valence-corrected chi connectivity index (χ3v) is 6.58. The van der Waals surface area contributed by atoms with E-state index < -0.39 is 47.9 Å². The minimum absolute atomic E-state index is 0.0341. The molecule has 0 aromatic heterocycles. The summed E-state index contributed by atoms with van der Waals surface area (Å²) in [7, 11) is 1.42. The molecule has 2 atom stereocenters. The largest absolute Gasteiger partial charge is 0.496 e. The number of hydrogen-bond donors (Lipinski definition) is 3. The van der Waals surface area contributed by atoms with Crippen LogP contribution in [0.5, 0.6) is 5.75 Å². The first-order valence-electron chi connectivity index (χ1n) is 12.9. The van der Waals surface area contributed by atoms with Crippen molar-refractivity contribution < 1.29 is 33.0 Å². The zero-order valence-electron chi connectivity index (χ0n) is 23.2. The van der Waals surface area contributed by atoms with E-state index >= 15 is 4.39 Å². The van der Waals surface area contributed by atoms with Gasteiger partial charge in [-0.3, -0.25) is 14.4 Å². The number of nitrogens with one attached hydrogen (secondary N) is 2. The Balaban J connectivity index is 1.99. The van der Waals surface area contributed by atoms with Crippen molar-refractivity contribution >= 4 is 17.8 Å². The SMILES string of the molecule is COc1ccccc1C(=O)N[C@@H](CC(C)C)C(=O)N[C@@H](CC(=O)O)c1cc(-c2c(C)cccc2C)cc(F)c1F. The smallest absolute Gasteiger partial charge is 0.305 e. The Bertz CT molecular complexity index is 1390. The molecule has 3 N–H and O–H groups in total. The van der Waals surface area contributed by atoms with Gasteiger partial charge in [0.15, 0.2) is 11.6 Å². The molecule has 40 heavy (non-hydrogen) atoms. The van der Waals surface area contributed by atoms with Gasteiger partial charge < -0.3 is 20.5 Å². The number of carboxylic acid groups (broad SMARTS) is 1. The van der Waals surface area contributed by atoms with Gasteiger partial charge in [0.2, 0.25) is 5.91 Å². The number of rotatable bonds is 11. The van der Waals surface area contributed by atoms with Gasteiger partial charge in [-0.05, 0) is 72.7 Å². The molecule has 0 aliphatic rings. The number of hydrogen-bond acceptors (Lipinski definition) is 4. The summed E-state index contributed by atoms with van der Waals surface area (Å²) in [5.41, 5.74) is 2.61. The third kappa shape index (κ3) is 7.22. The summed E-state index contributed by atoms with van der Waals surface area (Å²) in [5.74, 6) is -4.74. The Morgan fingerprint density at radius 1 is 0.950 bits per heavy atom. The van der Waals surface area contributed by atoms with Crippen LogP contribution in [0.2, 0.25) is 0 Å². The van der Waals surface area contributed by atoms with Gasteiger partial charge in [-0.2, -0.15) is 0 Å². The second kappa shape index (κ2) is 13.2. The number of carbonyl (C=O) groups is 3. The van der Waals surface area contributed by atoms with Crippen molar-refractivity contribution in [2.75, 3.05) is 7.11 Å². The summed E-state index contributed by atoms with van der Waals surface area (Å²) in [6.07, 6.45) is -0.487. The van der Waals surface area contributed by atoms with Crippen LogP contribution in [0.15, 0.2) is 54.6 Å². The van der Waals surface area contributed by atoms with E-state index in [9.17, 15) is 23.9 Å². The Hall–Kier alpha value is -4.27. The molecule has 0 saturated carbocycles. The fourth-order valence-corrected chi connectivity index (χ4v) is 4.73. The summed E-state index contributed by atoms with van der Waals surface area (Å²) < 4.78 is 35.3. The van der Waals surface area contributed by atoms with Gasteiger partial charge in [0, 0.05) is 5.56 Å². The minimum atomic E-state index is -1.40. The van der Waals surface area contributed by atoms with Gasteiger partial charge in [0.1, 0.15) is 11.8 Å². The monoisotopic (exact) mass is 552 g/mol. The van der Waals surface area contributed by atoms with Crippen molar-refractivity contribution in [1.82, 2.24) is 10.6 Å². The molecule has 0 aliphatic carbocycles. The fourth-order valence-electron chi connectivity index (χ4n) is 4.73. The Morgan fingerprint density at radius 2 is 1.60 bits per heavy atom. The maximum Gasteiger partial charge on any atom is 0.305 e. The molecule has 0 unspecified atom stereocenters. The van der Waals surface area contributed by atoms with Gasteiger partial charge >= 0.3 is 5.97 Å². The second-order valence-electron chi connectivity index (χ2n) is 10.1. The highest BCUT2D eigenvalue weighted by Gasteiger charge is 2.29. The zero-order chi connectivity index (χ0) is 29.6. The number of amides is 2. The first-order valence-corrected chi connectivity index (χ1v) is 12.9. The summed E-state index contributed by atoms with van der Waals surface area (Å²) >= 11 is 0. The van der Waals surface area contributed by atoms with Gasteiger partial charge in [-0.1, -0.05) is 44.2 Å². The maximum absolute atomic E-state index is 15.2. The summed E-state index contributed by atoms with van der Waals surface area (Å²) in [4.78, 5) is 38.3. The van der Waals surface area contributed by atoms with E-state index in [1.807, 2.05) is 45.9 Å². The average molecular weight is 553 g/mol. The fraction of sp³-hybridized carbons (Fsp3) is 0.323. The van der Waals surface area contributed by atoms with E-state index in [1.165, 1.54) is 13.2 Å².